The van der Waals surface area contributed by atoms with Gasteiger partial charge < -0.3 is 14.2 Å². The van der Waals surface area contributed by atoms with Gasteiger partial charge in [0.05, 0.1) is 36.4 Å². The fourth-order valence-electron chi connectivity index (χ4n) is 8.95. The summed E-state index contributed by atoms with van der Waals surface area (Å²) in [5.74, 6) is 3.00. The molecule has 5 heterocycles. The summed E-state index contributed by atoms with van der Waals surface area (Å²) >= 11 is 0. The lowest BCUT2D eigenvalue weighted by Crippen LogP contribution is -2.48. The maximum atomic E-state index is 13.3. The van der Waals surface area contributed by atoms with Gasteiger partial charge in [-0.25, -0.2) is 19.7 Å². The second-order valence-electron chi connectivity index (χ2n) is 13.6. The van der Waals surface area contributed by atoms with Crippen LogP contribution in [0.15, 0.2) is 66.2 Å². The molecule has 1 unspecified atom stereocenters. The standard InChI is InChI=1S/C34H36N8O2S2/c1-20-25(17-38-42(20)18-34-12-21-9-22(13-34)11-23(10-21)14-34)26-16-36-32-31(30(26)33(43)44-2)37-19-41(32)24-7-8-29(35-15-24)40-46-39-27-5-3-4-6-28(27)45-46/h3-8,15-17,19,21-23,39,46H,9-14,18H2,1-2H3,(H,35,40). The zero-order valence-electron chi connectivity index (χ0n) is 25.8. The molecular weight excluding hydrogens is 617 g/mol. The minimum absolute atomic E-state index is 0.354. The number of nitrogens with one attached hydrogen (secondary N) is 2. The second kappa shape index (κ2) is 10.8. The van der Waals surface area contributed by atoms with Crippen LogP contribution < -0.4 is 9.44 Å². The number of carbonyl (C=O) groups excluding carboxylic acids is 1. The Balaban J connectivity index is 1.00. The van der Waals surface area contributed by atoms with E-state index in [9.17, 15) is 4.79 Å². The molecule has 1 aromatic carbocycles. The molecule has 0 spiro atoms. The Morgan fingerprint density at radius 1 is 1.02 bits per heavy atom. The fraction of sp³-hybridized carbons (Fsp3) is 0.382. The Hall–Kier alpha value is -4.03. The number of imidazole rings is 1. The number of para-hydroxylation sites is 1. The number of thiol groups is 1. The number of pyridine rings is 2. The van der Waals surface area contributed by atoms with Crippen LogP contribution in [0.3, 0.4) is 0 Å². The number of nitrogens with zero attached hydrogens (tertiary/aromatic N) is 6. The fourth-order valence-corrected chi connectivity index (χ4v) is 12.4. The molecule has 5 aromatic rings. The summed E-state index contributed by atoms with van der Waals surface area (Å²) in [5, 5.41) is 4.88. The van der Waals surface area contributed by atoms with Crippen molar-refractivity contribution in [2.24, 2.45) is 23.2 Å². The Bertz CT molecular complexity index is 1930. The number of hydrogen-bond donors (Lipinski definition) is 3. The summed E-state index contributed by atoms with van der Waals surface area (Å²) in [7, 11) is 2.48. The topological polar surface area (TPSA) is 112 Å². The van der Waals surface area contributed by atoms with Crippen molar-refractivity contribution in [1.29, 1.82) is 0 Å². The highest BCUT2D eigenvalue weighted by atomic mass is 33.1. The van der Waals surface area contributed by atoms with E-state index < -0.39 is 16.3 Å². The van der Waals surface area contributed by atoms with Gasteiger partial charge in [-0.05, 0) is 114 Å². The van der Waals surface area contributed by atoms with Crippen molar-refractivity contribution in [2.45, 2.75) is 56.9 Å². The third kappa shape index (κ3) is 4.67. The van der Waals surface area contributed by atoms with Gasteiger partial charge in [-0.15, -0.1) is 0 Å². The Morgan fingerprint density at radius 3 is 2.52 bits per heavy atom. The Morgan fingerprint density at radius 2 is 1.80 bits per heavy atom. The highest BCUT2D eigenvalue weighted by molar-refractivity contribution is 8.86. The largest absolute Gasteiger partial charge is 0.465 e. The third-order valence-electron chi connectivity index (χ3n) is 10.5. The van der Waals surface area contributed by atoms with Crippen molar-refractivity contribution in [2.75, 3.05) is 16.6 Å². The van der Waals surface area contributed by atoms with Crippen LogP contribution in [0.1, 0.15) is 54.6 Å². The summed E-state index contributed by atoms with van der Waals surface area (Å²) in [4.78, 5) is 28.7. The lowest BCUT2D eigenvalue weighted by molar-refractivity contribution is -0.0638. The van der Waals surface area contributed by atoms with Crippen LogP contribution in [0.2, 0.25) is 0 Å². The first-order valence-electron chi connectivity index (χ1n) is 16.0. The second-order valence-corrected chi connectivity index (χ2v) is 16.9. The molecule has 4 fully saturated rings. The maximum absolute atomic E-state index is 13.3. The van der Waals surface area contributed by atoms with Crippen molar-refractivity contribution < 1.29 is 9.53 Å². The molecule has 1 atom stereocenters. The molecule has 12 heteroatoms. The molecule has 4 aliphatic carbocycles. The van der Waals surface area contributed by atoms with Crippen molar-refractivity contribution in [1.82, 2.24) is 29.3 Å². The zero-order chi connectivity index (χ0) is 31.0. The van der Waals surface area contributed by atoms with Crippen LogP contribution in [-0.4, -0.2) is 42.4 Å². The predicted octanol–water partition coefficient (Wildman–Crippen LogP) is 7.37. The molecular formula is C34H36N8O2S2. The van der Waals surface area contributed by atoms with Crippen LogP contribution in [0.25, 0.3) is 28.0 Å². The van der Waals surface area contributed by atoms with Crippen LogP contribution in [0.4, 0.5) is 11.5 Å². The SMILES string of the molecule is COC(=O)c1c(-c2cnn(CC34CC5CC(CC(C5)C3)C4)c2C)cnc2c1ncn2-c1ccc(N[SH]2Nc3ccccc3S2)nc1. The molecule has 46 heavy (non-hydrogen) atoms. The van der Waals surface area contributed by atoms with E-state index in [0.717, 1.165) is 52.7 Å². The summed E-state index contributed by atoms with van der Waals surface area (Å²) < 4.78 is 16.4. The molecule has 236 valence electrons. The molecule has 10 nitrogen and oxygen atoms in total. The summed E-state index contributed by atoms with van der Waals surface area (Å²) in [6, 6.07) is 12.2. The van der Waals surface area contributed by atoms with E-state index in [-0.39, 0.29) is 0 Å². The number of hydrogen-bond acceptors (Lipinski definition) is 9. The average molecular weight is 653 g/mol. The van der Waals surface area contributed by atoms with Gasteiger partial charge in [0, 0.05) is 34.5 Å². The van der Waals surface area contributed by atoms with E-state index in [2.05, 4.69) is 49.2 Å². The van der Waals surface area contributed by atoms with Crippen LogP contribution in [0.5, 0.6) is 0 Å². The molecule has 5 aliphatic rings. The average Bonchev–Trinajstić information content (AvgIpc) is 3.76. The highest BCUT2D eigenvalue weighted by Crippen LogP contribution is 2.60. The summed E-state index contributed by atoms with van der Waals surface area (Å²) in [5.41, 5.74) is 6.40. The van der Waals surface area contributed by atoms with E-state index in [1.165, 1.54) is 50.5 Å². The highest BCUT2D eigenvalue weighted by Gasteiger charge is 2.51. The van der Waals surface area contributed by atoms with Gasteiger partial charge in [0.25, 0.3) is 0 Å². The maximum Gasteiger partial charge on any atom is 0.340 e. The first-order chi connectivity index (χ1) is 22.4. The van der Waals surface area contributed by atoms with E-state index in [1.54, 1.807) is 29.5 Å². The van der Waals surface area contributed by atoms with Gasteiger partial charge in [-0.3, -0.25) is 9.25 Å². The van der Waals surface area contributed by atoms with E-state index >= 15 is 0 Å². The quantitative estimate of drug-likeness (QED) is 0.0943. The number of anilines is 2. The minimum Gasteiger partial charge on any atom is -0.465 e. The van der Waals surface area contributed by atoms with Crippen LogP contribution in [-0.2, 0) is 11.3 Å². The number of rotatable bonds is 7. The molecule has 2 N–H and O–H groups in total. The Labute approximate surface area is 273 Å². The normalized spacial score (nSPS) is 26.7. The monoisotopic (exact) mass is 652 g/mol. The molecule has 0 radical (unpaired) electrons. The number of esters is 1. The number of benzene rings is 1. The minimum atomic E-state index is -0.716. The van der Waals surface area contributed by atoms with Crippen molar-refractivity contribution in [3.05, 3.63) is 72.6 Å². The molecule has 4 saturated carbocycles. The smallest absolute Gasteiger partial charge is 0.340 e. The zero-order valence-corrected chi connectivity index (χ0v) is 27.5. The predicted molar refractivity (Wildman–Crippen MR) is 183 cm³/mol. The Kier molecular flexibility index (Phi) is 6.60. The van der Waals surface area contributed by atoms with Gasteiger partial charge in [0.15, 0.2) is 5.65 Å². The lowest BCUT2D eigenvalue weighted by atomic mass is 9.49. The van der Waals surface area contributed by atoms with E-state index in [1.807, 2.05) is 29.0 Å². The first kappa shape index (κ1) is 28.2. The molecule has 4 bridgehead atoms. The number of ether oxygens (including phenoxy) is 1. The number of methoxy groups -OCH3 is 1. The summed E-state index contributed by atoms with van der Waals surface area (Å²) in [6.45, 7) is 3.05. The van der Waals surface area contributed by atoms with Gasteiger partial charge >= 0.3 is 5.97 Å². The van der Waals surface area contributed by atoms with Gasteiger partial charge in [0.1, 0.15) is 17.7 Å². The molecule has 0 saturated heterocycles. The van der Waals surface area contributed by atoms with Gasteiger partial charge in [-0.1, -0.05) is 12.1 Å². The molecule has 0 amide bonds. The van der Waals surface area contributed by atoms with E-state index in [0.29, 0.717) is 27.7 Å². The number of aromatic nitrogens is 6. The molecule has 1 aliphatic heterocycles. The van der Waals surface area contributed by atoms with Crippen molar-refractivity contribution in [3.8, 4) is 16.8 Å². The van der Waals surface area contributed by atoms with Crippen molar-refractivity contribution in [3.63, 3.8) is 0 Å². The number of fused-ring (bicyclic) bond motifs is 2. The van der Waals surface area contributed by atoms with E-state index in [4.69, 9.17) is 14.8 Å². The van der Waals surface area contributed by atoms with Crippen LogP contribution >= 0.6 is 21.1 Å². The van der Waals surface area contributed by atoms with Gasteiger partial charge in [-0.2, -0.15) is 5.10 Å². The number of carbonyl (C=O) groups is 1. The molecule has 10 rings (SSSR count). The third-order valence-corrected chi connectivity index (χ3v) is 13.8. The summed E-state index contributed by atoms with van der Waals surface area (Å²) in [6.07, 6.45) is 15.4. The lowest BCUT2D eigenvalue weighted by Gasteiger charge is -2.56. The van der Waals surface area contributed by atoms with Gasteiger partial charge in [0.2, 0.25) is 0 Å². The first-order valence-corrected chi connectivity index (χ1v) is 18.8. The van der Waals surface area contributed by atoms with Crippen molar-refractivity contribution >= 4 is 49.7 Å². The van der Waals surface area contributed by atoms with Crippen LogP contribution in [0, 0.1) is 30.1 Å². The molecule has 4 aromatic heterocycles.